The summed E-state index contributed by atoms with van der Waals surface area (Å²) >= 11 is 0. The number of fused-ring (bicyclic) bond motifs is 13. The molecular weight excluding hydrogens is 755 g/mol. The summed E-state index contributed by atoms with van der Waals surface area (Å²) < 4.78 is 12.2. The first kappa shape index (κ1) is 40.0. The fraction of sp³-hybridized carbons (Fsp3) is 0.293. The average molecular weight is 814 g/mol. The molecule has 6 heterocycles. The van der Waals surface area contributed by atoms with Crippen molar-refractivity contribution in [3.05, 3.63) is 167 Å². The number of aryl methyl sites for hydroxylation is 3. The topological polar surface area (TPSA) is 33.8 Å². The highest BCUT2D eigenvalue weighted by Crippen LogP contribution is 2.47. The molecule has 4 heteroatoms. The van der Waals surface area contributed by atoms with Gasteiger partial charge in [0.1, 0.15) is 0 Å². The molecule has 0 bridgehead atoms. The number of benzene rings is 4. The highest BCUT2D eigenvalue weighted by Gasteiger charge is 2.43. The van der Waals surface area contributed by atoms with Gasteiger partial charge in [-0.1, -0.05) is 114 Å². The summed E-state index contributed by atoms with van der Waals surface area (Å²) in [6, 6.07) is 40.9. The molecule has 2 aliphatic rings. The first-order chi connectivity index (χ1) is 30.0. The number of aromatic nitrogens is 3. The van der Waals surface area contributed by atoms with Crippen LogP contribution in [-0.2, 0) is 12.8 Å². The summed E-state index contributed by atoms with van der Waals surface area (Å²) in [6.45, 7) is 23.2. The van der Waals surface area contributed by atoms with Crippen LogP contribution >= 0.6 is 0 Å². The molecule has 2 atom stereocenters. The van der Waals surface area contributed by atoms with Crippen LogP contribution < -0.4 is 9.13 Å². The summed E-state index contributed by atoms with van der Waals surface area (Å²) in [5, 5.41) is 2.14. The molecule has 62 heavy (non-hydrogen) atoms. The Morgan fingerprint density at radius 1 is 0.742 bits per heavy atom. The molecule has 8 aromatic rings. The van der Waals surface area contributed by atoms with Gasteiger partial charge >= 0.3 is 0 Å². The Morgan fingerprint density at radius 3 is 2.29 bits per heavy atom. The molecule has 2 unspecified atom stereocenters. The van der Waals surface area contributed by atoms with Crippen LogP contribution in [0.5, 0.6) is 0 Å². The van der Waals surface area contributed by atoms with Gasteiger partial charge in [-0.3, -0.25) is 0 Å². The van der Waals surface area contributed by atoms with Gasteiger partial charge in [-0.25, -0.2) is 4.98 Å². The van der Waals surface area contributed by atoms with Gasteiger partial charge in [-0.15, -0.1) is 0 Å². The highest BCUT2D eigenvalue weighted by molar-refractivity contribution is 6.09. The second-order valence-corrected chi connectivity index (χ2v) is 19.2. The quantitative estimate of drug-likeness (QED) is 0.157. The minimum absolute atomic E-state index is 0.264. The lowest BCUT2D eigenvalue weighted by molar-refractivity contribution is -0.719. The van der Waals surface area contributed by atoms with E-state index in [4.69, 9.17) is 16.0 Å². The predicted molar refractivity (Wildman–Crippen MR) is 256 cm³/mol. The molecule has 0 aliphatic carbocycles. The van der Waals surface area contributed by atoms with Gasteiger partial charge in [0.2, 0.25) is 17.1 Å². The molecule has 4 nitrogen and oxygen atoms in total. The van der Waals surface area contributed by atoms with E-state index in [0.29, 0.717) is 17.5 Å². The molecule has 0 radical (unpaired) electrons. The first-order valence-electron chi connectivity index (χ1n) is 22.9. The minimum atomic E-state index is 0.264. The number of hydrogen-bond donors (Lipinski definition) is 0. The molecule has 2 aliphatic heterocycles. The van der Waals surface area contributed by atoms with Crippen LogP contribution in [0.4, 0.5) is 0 Å². The van der Waals surface area contributed by atoms with Crippen molar-refractivity contribution in [1.82, 2.24) is 4.98 Å². The average Bonchev–Trinajstić information content (AvgIpc) is 3.63. The fourth-order valence-corrected chi connectivity index (χ4v) is 10.9. The van der Waals surface area contributed by atoms with E-state index in [2.05, 4.69) is 186 Å². The van der Waals surface area contributed by atoms with E-state index in [0.717, 1.165) is 64.7 Å². The van der Waals surface area contributed by atoms with Gasteiger partial charge in [0.15, 0.2) is 29.7 Å². The van der Waals surface area contributed by atoms with Crippen LogP contribution in [0.25, 0.3) is 72.7 Å². The number of rotatable bonds is 6. The molecule has 0 amide bonds. The van der Waals surface area contributed by atoms with Crippen molar-refractivity contribution in [1.29, 1.82) is 0 Å². The zero-order valence-electron chi connectivity index (χ0n) is 37.7. The van der Waals surface area contributed by atoms with Crippen molar-refractivity contribution in [2.24, 2.45) is 5.92 Å². The molecule has 4 aromatic carbocycles. The molecule has 0 spiro atoms. The number of allylic oxidation sites excluding steroid dienone is 1. The SMILES string of the molecule is C=C1CC2c3ccccc3-c3ccc(C)c[n+]3C2CCc2ccc3c(oc4nc(-c5c(C(C)C)ccc(-c6ccccc6)c5C(C)C)ccc43)c2-c2cc(C)c(CC(C)C)c[n+]21. The molecule has 0 N–H and O–H groups in total. The Labute approximate surface area is 367 Å². The van der Waals surface area contributed by atoms with E-state index in [1.165, 1.54) is 66.9 Å². The molecule has 0 saturated carbocycles. The van der Waals surface area contributed by atoms with Crippen LogP contribution in [0.1, 0.15) is 117 Å². The highest BCUT2D eigenvalue weighted by atomic mass is 16.3. The van der Waals surface area contributed by atoms with E-state index in [9.17, 15) is 0 Å². The molecule has 4 aromatic heterocycles. The van der Waals surface area contributed by atoms with Crippen molar-refractivity contribution < 1.29 is 13.6 Å². The normalized spacial score (nSPS) is 16.1. The maximum absolute atomic E-state index is 7.19. The maximum atomic E-state index is 7.19. The summed E-state index contributed by atoms with van der Waals surface area (Å²) in [5.74, 6) is 1.42. The van der Waals surface area contributed by atoms with Crippen LogP contribution in [0.2, 0.25) is 0 Å². The van der Waals surface area contributed by atoms with Crippen molar-refractivity contribution >= 4 is 27.8 Å². The third-order valence-corrected chi connectivity index (χ3v) is 13.8. The van der Waals surface area contributed by atoms with Gasteiger partial charge in [-0.05, 0) is 114 Å². The van der Waals surface area contributed by atoms with E-state index in [-0.39, 0.29) is 17.9 Å². The summed E-state index contributed by atoms with van der Waals surface area (Å²) in [7, 11) is 0. The maximum Gasteiger partial charge on any atom is 0.227 e. The summed E-state index contributed by atoms with van der Waals surface area (Å²) in [6.07, 6.45) is 8.52. The van der Waals surface area contributed by atoms with Crippen molar-refractivity contribution in [3.8, 4) is 44.9 Å². The number of hydrogen-bond acceptors (Lipinski definition) is 2. The van der Waals surface area contributed by atoms with Gasteiger partial charge in [-0.2, -0.15) is 9.13 Å². The molecule has 310 valence electrons. The lowest BCUT2D eigenvalue weighted by Crippen LogP contribution is -2.49. The lowest BCUT2D eigenvalue weighted by Gasteiger charge is -2.31. The Bertz CT molecular complexity index is 3060. The fourth-order valence-electron chi connectivity index (χ4n) is 10.9. The Hall–Kier alpha value is -6.13. The van der Waals surface area contributed by atoms with Crippen molar-refractivity contribution in [2.75, 3.05) is 0 Å². The van der Waals surface area contributed by atoms with Gasteiger partial charge in [0.05, 0.1) is 17.2 Å². The Kier molecular flexibility index (Phi) is 10.1. The molecule has 10 rings (SSSR count). The number of furan rings is 1. The standard InChI is InChI=1S/C58H59N3O/c1-34(2)29-42-33-60-39(9)31-49-45-17-13-14-18-46(45)51-27-19-37(7)32-61(51)52(49)28-21-41-20-22-47-48-25-26-50(59-58(48)62-57(47)55(41)53(60)30-38(42)8)56-43(35(3)4)23-24-44(54(56)36(5)6)40-15-11-10-12-16-40/h10-20,22-27,30,32-36,49,52H,9,21,28-29,31H2,1-8H3/q+2. The lowest BCUT2D eigenvalue weighted by atomic mass is 9.77. The second-order valence-electron chi connectivity index (χ2n) is 19.2. The van der Waals surface area contributed by atoms with Crippen LogP contribution in [0, 0.1) is 19.8 Å². The van der Waals surface area contributed by atoms with E-state index < -0.39 is 0 Å². The van der Waals surface area contributed by atoms with E-state index >= 15 is 0 Å². The molecular formula is C58H59N3O+2. The summed E-state index contributed by atoms with van der Waals surface area (Å²) in [5.41, 5.74) is 21.6. The van der Waals surface area contributed by atoms with E-state index in [1.807, 2.05) is 0 Å². The van der Waals surface area contributed by atoms with Crippen molar-refractivity contribution in [3.63, 3.8) is 0 Å². The third kappa shape index (κ3) is 6.70. The first-order valence-corrected chi connectivity index (χ1v) is 22.9. The monoisotopic (exact) mass is 813 g/mol. The van der Waals surface area contributed by atoms with Crippen molar-refractivity contribution in [2.45, 2.75) is 105 Å². The molecule has 0 fully saturated rings. The smallest absolute Gasteiger partial charge is 0.227 e. The van der Waals surface area contributed by atoms with Gasteiger partial charge in [0.25, 0.3) is 0 Å². The second kappa shape index (κ2) is 15.6. The zero-order chi connectivity index (χ0) is 43.0. The molecule has 0 saturated heterocycles. The third-order valence-electron chi connectivity index (χ3n) is 13.8. The van der Waals surface area contributed by atoms with Gasteiger partial charge in [0, 0.05) is 58.0 Å². The Morgan fingerprint density at radius 2 is 1.52 bits per heavy atom. The van der Waals surface area contributed by atoms with Crippen LogP contribution in [-0.4, -0.2) is 4.98 Å². The van der Waals surface area contributed by atoms with E-state index in [1.54, 1.807) is 0 Å². The largest absolute Gasteiger partial charge is 0.437 e. The summed E-state index contributed by atoms with van der Waals surface area (Å²) in [4.78, 5) is 5.48. The van der Waals surface area contributed by atoms with Gasteiger partial charge < -0.3 is 4.42 Å². The number of pyridine rings is 3. The van der Waals surface area contributed by atoms with Crippen LogP contribution in [0.3, 0.4) is 0 Å². The minimum Gasteiger partial charge on any atom is -0.437 e. The predicted octanol–water partition coefficient (Wildman–Crippen LogP) is 14.4. The Balaban J connectivity index is 1.20. The van der Waals surface area contributed by atoms with Crippen LogP contribution in [0.15, 0.2) is 133 Å². The zero-order valence-corrected chi connectivity index (χ0v) is 37.7. The number of nitrogens with zero attached hydrogens (tertiary/aromatic N) is 3.